The van der Waals surface area contributed by atoms with E-state index in [9.17, 15) is 0 Å². The SMILES string of the molecule is Cc1cccc2c1ccn1c2nc2ccnc(C(C)(C)C)c21. The molecular weight excluding hydrogens is 270 g/mol. The highest BCUT2D eigenvalue weighted by Gasteiger charge is 2.22. The van der Waals surface area contributed by atoms with Gasteiger partial charge in [0.25, 0.3) is 0 Å². The van der Waals surface area contributed by atoms with Crippen LogP contribution in [0.2, 0.25) is 0 Å². The van der Waals surface area contributed by atoms with Crippen molar-refractivity contribution in [1.29, 1.82) is 0 Å². The van der Waals surface area contributed by atoms with Gasteiger partial charge in [0.15, 0.2) is 0 Å². The van der Waals surface area contributed by atoms with Gasteiger partial charge in [-0.05, 0) is 30.0 Å². The molecule has 4 rings (SSSR count). The molecule has 0 saturated carbocycles. The molecule has 0 amide bonds. The summed E-state index contributed by atoms with van der Waals surface area (Å²) in [6.07, 6.45) is 3.99. The minimum Gasteiger partial charge on any atom is -0.297 e. The van der Waals surface area contributed by atoms with E-state index in [1.54, 1.807) is 0 Å². The number of fused-ring (bicyclic) bond motifs is 5. The van der Waals surface area contributed by atoms with E-state index in [2.05, 4.69) is 67.5 Å². The van der Waals surface area contributed by atoms with Gasteiger partial charge in [0.2, 0.25) is 0 Å². The Bertz CT molecular complexity index is 1020. The molecule has 0 bridgehead atoms. The van der Waals surface area contributed by atoms with Crippen LogP contribution in [-0.2, 0) is 5.41 Å². The molecule has 3 heterocycles. The van der Waals surface area contributed by atoms with Crippen molar-refractivity contribution in [3.8, 4) is 0 Å². The Hall–Kier alpha value is -2.42. The van der Waals surface area contributed by atoms with Gasteiger partial charge in [-0.3, -0.25) is 9.38 Å². The summed E-state index contributed by atoms with van der Waals surface area (Å²) in [6.45, 7) is 8.72. The van der Waals surface area contributed by atoms with Crippen LogP contribution in [0, 0.1) is 6.92 Å². The van der Waals surface area contributed by atoms with Crippen molar-refractivity contribution in [2.24, 2.45) is 0 Å². The molecule has 0 unspecified atom stereocenters. The molecule has 0 N–H and O–H groups in total. The van der Waals surface area contributed by atoms with Crippen LogP contribution in [0.25, 0.3) is 27.5 Å². The Kier molecular flexibility index (Phi) is 2.59. The standard InChI is InChI=1S/C19H19N3/c1-12-6-5-7-14-13(12)9-11-22-16-15(21-18(14)22)8-10-20-17(16)19(2,3)4/h5-11H,1-4H3. The van der Waals surface area contributed by atoms with E-state index < -0.39 is 0 Å². The van der Waals surface area contributed by atoms with Crippen molar-refractivity contribution in [1.82, 2.24) is 14.4 Å². The summed E-state index contributed by atoms with van der Waals surface area (Å²) < 4.78 is 2.19. The van der Waals surface area contributed by atoms with Crippen molar-refractivity contribution in [2.45, 2.75) is 33.1 Å². The third kappa shape index (κ3) is 1.75. The van der Waals surface area contributed by atoms with Crippen molar-refractivity contribution in [3.05, 3.63) is 54.0 Å². The van der Waals surface area contributed by atoms with Crippen LogP contribution in [0.1, 0.15) is 32.0 Å². The van der Waals surface area contributed by atoms with Crippen LogP contribution < -0.4 is 0 Å². The highest BCUT2D eigenvalue weighted by Crippen LogP contribution is 2.31. The number of hydrogen-bond donors (Lipinski definition) is 0. The third-order valence-corrected chi connectivity index (χ3v) is 4.26. The summed E-state index contributed by atoms with van der Waals surface area (Å²) in [7, 11) is 0. The fourth-order valence-electron chi connectivity index (χ4n) is 3.18. The maximum absolute atomic E-state index is 4.88. The first-order valence-corrected chi connectivity index (χ1v) is 7.62. The van der Waals surface area contributed by atoms with E-state index >= 15 is 0 Å². The van der Waals surface area contributed by atoms with Gasteiger partial charge in [0.1, 0.15) is 5.65 Å². The molecule has 0 aliphatic heterocycles. The van der Waals surface area contributed by atoms with Crippen molar-refractivity contribution in [2.75, 3.05) is 0 Å². The molecule has 0 saturated heterocycles. The van der Waals surface area contributed by atoms with Crippen LogP contribution >= 0.6 is 0 Å². The maximum atomic E-state index is 4.88. The Morgan fingerprint density at radius 3 is 2.59 bits per heavy atom. The maximum Gasteiger partial charge on any atom is 0.145 e. The van der Waals surface area contributed by atoms with Gasteiger partial charge in [-0.2, -0.15) is 0 Å². The summed E-state index contributed by atoms with van der Waals surface area (Å²) >= 11 is 0. The van der Waals surface area contributed by atoms with Gasteiger partial charge in [-0.1, -0.05) is 39.0 Å². The molecule has 1 aromatic carbocycles. The van der Waals surface area contributed by atoms with Gasteiger partial charge >= 0.3 is 0 Å². The largest absolute Gasteiger partial charge is 0.297 e. The van der Waals surface area contributed by atoms with Crippen LogP contribution in [0.4, 0.5) is 0 Å². The normalized spacial score (nSPS) is 12.5. The van der Waals surface area contributed by atoms with Gasteiger partial charge < -0.3 is 0 Å². The summed E-state index contributed by atoms with van der Waals surface area (Å²) in [4.78, 5) is 9.52. The van der Waals surface area contributed by atoms with E-state index in [0.717, 1.165) is 22.4 Å². The first kappa shape index (κ1) is 13.3. The Balaban J connectivity index is 2.24. The van der Waals surface area contributed by atoms with E-state index in [1.165, 1.54) is 16.3 Å². The van der Waals surface area contributed by atoms with Crippen LogP contribution in [0.5, 0.6) is 0 Å². The molecule has 3 aromatic heterocycles. The molecule has 0 radical (unpaired) electrons. The zero-order valence-electron chi connectivity index (χ0n) is 13.4. The average molecular weight is 289 g/mol. The van der Waals surface area contributed by atoms with Crippen LogP contribution in [0.15, 0.2) is 42.7 Å². The molecule has 3 nitrogen and oxygen atoms in total. The van der Waals surface area contributed by atoms with Crippen molar-refractivity contribution >= 4 is 27.5 Å². The lowest BCUT2D eigenvalue weighted by molar-refractivity contribution is 0.573. The van der Waals surface area contributed by atoms with E-state index in [0.29, 0.717) is 0 Å². The van der Waals surface area contributed by atoms with Gasteiger partial charge in [0, 0.05) is 23.2 Å². The molecular formula is C19H19N3. The zero-order valence-corrected chi connectivity index (χ0v) is 13.4. The summed E-state index contributed by atoms with van der Waals surface area (Å²) in [5, 5.41) is 2.45. The molecule has 0 atom stereocenters. The molecule has 0 aliphatic carbocycles. The first-order chi connectivity index (χ1) is 10.5. The number of imidazole rings is 1. The number of aromatic nitrogens is 3. The van der Waals surface area contributed by atoms with Crippen molar-refractivity contribution in [3.63, 3.8) is 0 Å². The van der Waals surface area contributed by atoms with E-state index in [-0.39, 0.29) is 5.41 Å². The first-order valence-electron chi connectivity index (χ1n) is 7.62. The predicted molar refractivity (Wildman–Crippen MR) is 91.4 cm³/mol. The fourth-order valence-corrected chi connectivity index (χ4v) is 3.18. The van der Waals surface area contributed by atoms with E-state index in [4.69, 9.17) is 4.98 Å². The van der Waals surface area contributed by atoms with Gasteiger partial charge in [-0.25, -0.2) is 4.98 Å². The topological polar surface area (TPSA) is 30.2 Å². The highest BCUT2D eigenvalue weighted by molar-refractivity contribution is 5.99. The monoisotopic (exact) mass is 289 g/mol. The third-order valence-electron chi connectivity index (χ3n) is 4.26. The second-order valence-corrected chi connectivity index (χ2v) is 6.93. The lowest BCUT2D eigenvalue weighted by Crippen LogP contribution is -2.14. The molecule has 3 heteroatoms. The van der Waals surface area contributed by atoms with Crippen LogP contribution in [-0.4, -0.2) is 14.4 Å². The van der Waals surface area contributed by atoms with Crippen LogP contribution in [0.3, 0.4) is 0 Å². The van der Waals surface area contributed by atoms with Gasteiger partial charge in [0.05, 0.1) is 16.7 Å². The lowest BCUT2D eigenvalue weighted by atomic mass is 9.91. The molecule has 0 fully saturated rings. The average Bonchev–Trinajstić information content (AvgIpc) is 2.85. The van der Waals surface area contributed by atoms with Gasteiger partial charge in [-0.15, -0.1) is 0 Å². The Morgan fingerprint density at radius 1 is 1.00 bits per heavy atom. The number of nitrogens with zero attached hydrogens (tertiary/aromatic N) is 3. The number of hydrogen-bond acceptors (Lipinski definition) is 2. The number of benzene rings is 1. The molecule has 0 spiro atoms. The number of aryl methyl sites for hydroxylation is 1. The smallest absolute Gasteiger partial charge is 0.145 e. The highest BCUT2D eigenvalue weighted by atomic mass is 15.0. The Labute approximate surface area is 129 Å². The zero-order chi connectivity index (χ0) is 15.5. The minimum atomic E-state index is -0.0168. The Morgan fingerprint density at radius 2 is 1.82 bits per heavy atom. The molecule has 4 aromatic rings. The number of rotatable bonds is 0. The summed E-state index contributed by atoms with van der Waals surface area (Å²) in [5.74, 6) is 0. The number of pyridine rings is 2. The quantitative estimate of drug-likeness (QED) is 0.472. The summed E-state index contributed by atoms with van der Waals surface area (Å²) in [5.41, 5.74) is 5.49. The molecule has 22 heavy (non-hydrogen) atoms. The second-order valence-electron chi connectivity index (χ2n) is 6.93. The predicted octanol–water partition coefficient (Wildman–Crippen LogP) is 4.64. The minimum absolute atomic E-state index is 0.0168. The van der Waals surface area contributed by atoms with Crippen molar-refractivity contribution < 1.29 is 0 Å². The van der Waals surface area contributed by atoms with E-state index in [1.807, 2.05) is 12.3 Å². The second kappa shape index (κ2) is 4.29. The fraction of sp³-hybridized carbons (Fsp3) is 0.263. The summed E-state index contributed by atoms with van der Waals surface area (Å²) in [6, 6.07) is 10.6. The molecule has 110 valence electrons. The molecule has 0 aliphatic rings. The lowest BCUT2D eigenvalue weighted by Gasteiger charge is -2.18.